The Labute approximate surface area is 405 Å². The van der Waals surface area contributed by atoms with Gasteiger partial charge in [-0.05, 0) is 51.4 Å². The Morgan fingerprint density at radius 3 is 1.39 bits per heavy atom. The van der Waals surface area contributed by atoms with Gasteiger partial charge in [0.1, 0.15) is 24.4 Å². The Balaban J connectivity index is 2.24. The van der Waals surface area contributed by atoms with E-state index in [-0.39, 0.29) is 12.5 Å². The van der Waals surface area contributed by atoms with Crippen LogP contribution in [-0.4, -0.2) is 87.5 Å². The number of nitrogens with one attached hydrogen (secondary N) is 1. The quantitative estimate of drug-likeness (QED) is 0.0261. The van der Waals surface area contributed by atoms with E-state index in [1.165, 1.54) is 154 Å². The molecule has 66 heavy (non-hydrogen) atoms. The molecule has 1 aliphatic heterocycles. The van der Waals surface area contributed by atoms with Gasteiger partial charge in [0, 0.05) is 6.42 Å². The number of unbranched alkanes of at least 4 members (excludes halogenated alkanes) is 29. The molecule has 7 atom stereocenters. The molecular formula is C57H105NO8. The summed E-state index contributed by atoms with van der Waals surface area (Å²) in [6.45, 7) is 3.74. The molecule has 0 aliphatic carbocycles. The summed E-state index contributed by atoms with van der Waals surface area (Å²) in [7, 11) is 0. The number of aliphatic hydroxyl groups is 5. The van der Waals surface area contributed by atoms with Crippen molar-refractivity contribution in [3.8, 4) is 0 Å². The summed E-state index contributed by atoms with van der Waals surface area (Å²) >= 11 is 0. The van der Waals surface area contributed by atoms with E-state index in [9.17, 15) is 30.3 Å². The normalized spacial score (nSPS) is 20.1. The van der Waals surface area contributed by atoms with Crippen LogP contribution >= 0.6 is 0 Å². The summed E-state index contributed by atoms with van der Waals surface area (Å²) in [6.07, 6.45) is 54.1. The van der Waals surface area contributed by atoms with Crippen molar-refractivity contribution >= 4 is 5.91 Å². The molecule has 1 fully saturated rings. The Bertz CT molecular complexity index is 1170. The van der Waals surface area contributed by atoms with E-state index in [1.54, 1.807) is 0 Å². The number of hydrogen-bond acceptors (Lipinski definition) is 8. The lowest BCUT2D eigenvalue weighted by Gasteiger charge is -2.40. The van der Waals surface area contributed by atoms with Crippen LogP contribution in [0.5, 0.6) is 0 Å². The second-order valence-corrected chi connectivity index (χ2v) is 19.4. The number of amides is 1. The third kappa shape index (κ3) is 36.2. The Kier molecular flexibility index (Phi) is 44.1. The number of rotatable bonds is 47. The highest BCUT2D eigenvalue weighted by atomic mass is 16.7. The zero-order valence-corrected chi connectivity index (χ0v) is 42.7. The van der Waals surface area contributed by atoms with Crippen LogP contribution in [0.2, 0.25) is 0 Å². The SMILES string of the molecule is CC/C=C\C/C=C\C/C=C\C/C=C\CCCCCCCCCCC(=O)NC(COC1OC(CO)C(O)C(O)C1O)C(O)CCCCCCCCCCCCCCCCCCCCCCCC. The fourth-order valence-corrected chi connectivity index (χ4v) is 8.80. The van der Waals surface area contributed by atoms with Crippen molar-refractivity contribution in [2.75, 3.05) is 13.2 Å². The fraction of sp³-hybridized carbons (Fsp3) is 0.842. The smallest absolute Gasteiger partial charge is 0.220 e. The van der Waals surface area contributed by atoms with Gasteiger partial charge in [0.05, 0.1) is 25.4 Å². The molecule has 1 amide bonds. The highest BCUT2D eigenvalue weighted by Crippen LogP contribution is 2.23. The number of hydrogen-bond donors (Lipinski definition) is 6. The number of allylic oxidation sites excluding steroid dienone is 8. The third-order valence-electron chi connectivity index (χ3n) is 13.2. The van der Waals surface area contributed by atoms with Crippen LogP contribution in [0, 0.1) is 0 Å². The summed E-state index contributed by atoms with van der Waals surface area (Å²) in [6, 6.07) is -0.726. The molecule has 0 aromatic heterocycles. The van der Waals surface area contributed by atoms with Crippen molar-refractivity contribution in [1.82, 2.24) is 5.32 Å². The van der Waals surface area contributed by atoms with Gasteiger partial charge in [-0.2, -0.15) is 0 Å². The molecule has 0 radical (unpaired) electrons. The first-order chi connectivity index (χ1) is 32.3. The maximum absolute atomic E-state index is 13.1. The molecule has 0 saturated carbocycles. The van der Waals surface area contributed by atoms with Crippen molar-refractivity contribution in [3.05, 3.63) is 48.6 Å². The van der Waals surface area contributed by atoms with Gasteiger partial charge in [0.25, 0.3) is 0 Å². The molecule has 0 aromatic carbocycles. The van der Waals surface area contributed by atoms with Crippen LogP contribution in [-0.2, 0) is 14.3 Å². The van der Waals surface area contributed by atoms with Gasteiger partial charge in [-0.3, -0.25) is 4.79 Å². The third-order valence-corrected chi connectivity index (χ3v) is 13.2. The zero-order valence-electron chi connectivity index (χ0n) is 42.7. The average Bonchev–Trinajstić information content (AvgIpc) is 3.32. The summed E-state index contributed by atoms with van der Waals surface area (Å²) in [5.74, 6) is -0.151. The second kappa shape index (κ2) is 46.9. The fourth-order valence-electron chi connectivity index (χ4n) is 8.80. The minimum Gasteiger partial charge on any atom is -0.394 e. The minimum absolute atomic E-state index is 0.142. The van der Waals surface area contributed by atoms with Gasteiger partial charge >= 0.3 is 0 Å². The number of carbonyl (C=O) groups is 1. The van der Waals surface area contributed by atoms with Crippen molar-refractivity contribution in [2.45, 2.75) is 294 Å². The average molecular weight is 932 g/mol. The van der Waals surface area contributed by atoms with Gasteiger partial charge in [-0.25, -0.2) is 0 Å². The maximum atomic E-state index is 13.1. The second-order valence-electron chi connectivity index (χ2n) is 19.4. The van der Waals surface area contributed by atoms with Gasteiger partial charge in [0.15, 0.2) is 6.29 Å². The molecule has 0 aromatic rings. The number of aliphatic hydroxyl groups excluding tert-OH is 5. The van der Waals surface area contributed by atoms with Gasteiger partial charge in [-0.1, -0.05) is 242 Å². The van der Waals surface area contributed by atoms with Crippen LogP contribution < -0.4 is 5.32 Å². The van der Waals surface area contributed by atoms with Crippen LogP contribution in [0.15, 0.2) is 48.6 Å². The molecule has 1 rings (SSSR count). The zero-order chi connectivity index (χ0) is 48.0. The van der Waals surface area contributed by atoms with Crippen LogP contribution in [0.1, 0.15) is 251 Å². The summed E-state index contributed by atoms with van der Waals surface area (Å²) in [5, 5.41) is 54.7. The van der Waals surface area contributed by atoms with Crippen LogP contribution in [0.3, 0.4) is 0 Å². The van der Waals surface area contributed by atoms with Crippen molar-refractivity contribution in [2.24, 2.45) is 0 Å². The lowest BCUT2D eigenvalue weighted by molar-refractivity contribution is -0.302. The summed E-state index contributed by atoms with van der Waals surface area (Å²) in [5.41, 5.74) is 0. The topological polar surface area (TPSA) is 149 Å². The first-order valence-corrected chi connectivity index (χ1v) is 27.8. The standard InChI is InChI=1S/C57H105NO8/c1-3-5-7-9-11-13-15-17-19-21-23-25-27-28-30-32-34-36-38-40-42-44-46-51(60)50(49-65-57-56(64)55(63)54(62)52(48-59)66-57)58-53(61)47-45-43-41-39-37-35-33-31-29-26-24-22-20-18-16-14-12-10-8-6-4-2/h6,8,12,14,18,20,24,26,50-52,54-57,59-60,62-64H,3-5,7,9-11,13,15-17,19,21-23,25,27-49H2,1-2H3,(H,58,61)/b8-6-,14-12-,20-18-,26-24-. The summed E-state index contributed by atoms with van der Waals surface area (Å²) < 4.78 is 11.3. The molecular weight excluding hydrogens is 827 g/mol. The molecule has 7 unspecified atom stereocenters. The van der Waals surface area contributed by atoms with E-state index in [4.69, 9.17) is 9.47 Å². The van der Waals surface area contributed by atoms with E-state index in [2.05, 4.69) is 67.8 Å². The minimum atomic E-state index is -1.56. The molecule has 0 bridgehead atoms. The van der Waals surface area contributed by atoms with E-state index < -0.39 is 49.5 Å². The Morgan fingerprint density at radius 2 is 0.939 bits per heavy atom. The number of ether oxygens (including phenoxy) is 2. The van der Waals surface area contributed by atoms with Crippen molar-refractivity contribution in [1.29, 1.82) is 0 Å². The number of carbonyl (C=O) groups excluding carboxylic acids is 1. The molecule has 9 nitrogen and oxygen atoms in total. The van der Waals surface area contributed by atoms with Crippen LogP contribution in [0.25, 0.3) is 0 Å². The lowest BCUT2D eigenvalue weighted by Crippen LogP contribution is -2.60. The highest BCUT2D eigenvalue weighted by Gasteiger charge is 2.44. The monoisotopic (exact) mass is 932 g/mol. The molecule has 6 N–H and O–H groups in total. The molecule has 386 valence electrons. The van der Waals surface area contributed by atoms with Gasteiger partial charge in [0.2, 0.25) is 5.91 Å². The molecule has 1 aliphatic rings. The predicted molar refractivity (Wildman–Crippen MR) is 276 cm³/mol. The first-order valence-electron chi connectivity index (χ1n) is 27.8. The van der Waals surface area contributed by atoms with E-state index in [0.29, 0.717) is 12.8 Å². The summed E-state index contributed by atoms with van der Waals surface area (Å²) in [4.78, 5) is 13.1. The predicted octanol–water partition coefficient (Wildman–Crippen LogP) is 13.3. The lowest BCUT2D eigenvalue weighted by atomic mass is 9.99. The molecule has 9 heteroatoms. The molecule has 0 spiro atoms. The van der Waals surface area contributed by atoms with Crippen molar-refractivity contribution < 1.29 is 39.8 Å². The van der Waals surface area contributed by atoms with E-state index in [1.807, 2.05) is 0 Å². The van der Waals surface area contributed by atoms with Crippen LogP contribution in [0.4, 0.5) is 0 Å². The Morgan fingerprint density at radius 1 is 0.530 bits per heavy atom. The van der Waals surface area contributed by atoms with E-state index >= 15 is 0 Å². The van der Waals surface area contributed by atoms with Gasteiger partial charge < -0.3 is 40.3 Å². The van der Waals surface area contributed by atoms with Gasteiger partial charge in [-0.15, -0.1) is 0 Å². The molecule has 1 heterocycles. The molecule has 1 saturated heterocycles. The Hall–Kier alpha value is -1.85. The highest BCUT2D eigenvalue weighted by molar-refractivity contribution is 5.76. The largest absolute Gasteiger partial charge is 0.394 e. The van der Waals surface area contributed by atoms with Crippen molar-refractivity contribution in [3.63, 3.8) is 0 Å². The maximum Gasteiger partial charge on any atom is 0.220 e. The first kappa shape index (κ1) is 62.2. The van der Waals surface area contributed by atoms with E-state index in [0.717, 1.165) is 70.6 Å².